The van der Waals surface area contributed by atoms with Crippen LogP contribution in [0.15, 0.2) is 69.6 Å². The maximum atomic E-state index is 12.3. The van der Waals surface area contributed by atoms with Gasteiger partial charge in [0.25, 0.3) is 0 Å². The van der Waals surface area contributed by atoms with Gasteiger partial charge in [-0.1, -0.05) is 0 Å². The van der Waals surface area contributed by atoms with Crippen LogP contribution in [0.4, 0.5) is 35.1 Å². The van der Waals surface area contributed by atoms with Gasteiger partial charge in [-0.3, -0.25) is 8.78 Å². The molecular formula is C22H10Br2F8Ti. The van der Waals surface area contributed by atoms with Crippen LogP contribution in [0.5, 0.6) is 0 Å². The summed E-state index contributed by atoms with van der Waals surface area (Å²) in [5, 5.41) is 0. The molecule has 33 heavy (non-hydrogen) atoms. The third-order valence-corrected chi connectivity index (χ3v) is 4.48. The van der Waals surface area contributed by atoms with Crippen LogP contribution in [0, 0.1) is 58.7 Å². The van der Waals surface area contributed by atoms with Crippen LogP contribution in [-0.2, 0) is 21.7 Å². The topological polar surface area (TPSA) is 0 Å². The van der Waals surface area contributed by atoms with Gasteiger partial charge in [-0.05, 0) is 8.95 Å². The maximum absolute atomic E-state index is 12.3. The molecule has 0 aromatic heterocycles. The molecule has 0 aliphatic carbocycles. The molecule has 0 fully saturated rings. The Morgan fingerprint density at radius 3 is 0.970 bits per heavy atom. The van der Waals surface area contributed by atoms with Crippen LogP contribution >= 0.6 is 31.9 Å². The van der Waals surface area contributed by atoms with Gasteiger partial charge in [0.05, 0.1) is 34.9 Å². The van der Waals surface area contributed by atoms with Gasteiger partial charge in [0.1, 0.15) is 0 Å². The van der Waals surface area contributed by atoms with E-state index in [-0.39, 0.29) is 21.7 Å². The van der Waals surface area contributed by atoms with E-state index < -0.39 is 55.5 Å². The molecule has 0 saturated carbocycles. The predicted molar refractivity (Wildman–Crippen MR) is 110 cm³/mol. The Labute approximate surface area is 216 Å². The molecule has 172 valence electrons. The van der Waals surface area contributed by atoms with Crippen LogP contribution in [0.3, 0.4) is 0 Å². The average Bonchev–Trinajstić information content (AvgIpc) is 3.53. The number of hydrogen-bond donors (Lipinski definition) is 0. The largest absolute Gasteiger partial charge is 4.00 e. The number of hydrogen-bond acceptors (Lipinski definition) is 0. The monoisotopic (exact) mass is 632 g/mol. The molecule has 0 unspecified atom stereocenters. The Hall–Kier alpha value is -1.75. The Morgan fingerprint density at radius 2 is 0.758 bits per heavy atom. The summed E-state index contributed by atoms with van der Waals surface area (Å²) in [5.74, 6) is -12.6. The normalized spacial score (nSPS) is 9.27. The van der Waals surface area contributed by atoms with Gasteiger partial charge in [-0.25, -0.2) is 50.6 Å². The maximum Gasteiger partial charge on any atom is 4.00 e. The van der Waals surface area contributed by atoms with E-state index in [1.807, 2.05) is 60.7 Å². The van der Waals surface area contributed by atoms with Gasteiger partial charge in [-0.15, -0.1) is 44.0 Å². The number of halogens is 10. The molecule has 0 aliphatic heterocycles. The summed E-state index contributed by atoms with van der Waals surface area (Å²) < 4.78 is 96.3. The van der Waals surface area contributed by atoms with Crippen molar-refractivity contribution in [2.75, 3.05) is 0 Å². The van der Waals surface area contributed by atoms with Gasteiger partial charge < -0.3 is 0 Å². The molecule has 0 bridgehead atoms. The number of rotatable bonds is 0. The van der Waals surface area contributed by atoms with Gasteiger partial charge in [-0.2, -0.15) is 36.4 Å². The third-order valence-electron chi connectivity index (χ3n) is 3.09. The summed E-state index contributed by atoms with van der Waals surface area (Å²) in [5.41, 5.74) is 0. The van der Waals surface area contributed by atoms with E-state index in [1.54, 1.807) is 0 Å². The van der Waals surface area contributed by atoms with Crippen molar-refractivity contribution in [2.45, 2.75) is 0 Å². The zero-order valence-corrected chi connectivity index (χ0v) is 20.8. The fraction of sp³-hybridized carbons (Fsp3) is 0. The van der Waals surface area contributed by atoms with Gasteiger partial charge in [0.15, 0.2) is 0 Å². The Balaban J connectivity index is 0.000000434. The van der Waals surface area contributed by atoms with Crippen molar-refractivity contribution in [1.82, 2.24) is 0 Å². The molecule has 0 spiro atoms. The van der Waals surface area contributed by atoms with Crippen LogP contribution in [0.1, 0.15) is 0 Å². The van der Waals surface area contributed by atoms with Crippen LogP contribution in [0.25, 0.3) is 0 Å². The summed E-state index contributed by atoms with van der Waals surface area (Å²) >= 11 is 4.75. The SMILES string of the molecule is Fc1[c-]c(F)c(Br)c(F)c1F.Fc1[c-]c(F)c(Br)c(F)c1F.[Ti+4].c1cc[cH-]c1.c1cc[cH-]c1. The van der Waals surface area contributed by atoms with Crippen molar-refractivity contribution in [3.8, 4) is 0 Å². The minimum absolute atomic E-state index is 0. The zero-order valence-electron chi connectivity index (χ0n) is 16.1. The van der Waals surface area contributed by atoms with E-state index in [0.29, 0.717) is 0 Å². The molecule has 4 aromatic carbocycles. The first kappa shape index (κ1) is 31.3. The van der Waals surface area contributed by atoms with Gasteiger partial charge >= 0.3 is 21.7 Å². The van der Waals surface area contributed by atoms with Crippen LogP contribution in [-0.4, -0.2) is 0 Å². The van der Waals surface area contributed by atoms with Crippen molar-refractivity contribution in [1.29, 1.82) is 0 Å². The van der Waals surface area contributed by atoms with Crippen molar-refractivity contribution >= 4 is 31.9 Å². The molecule has 4 aromatic rings. The molecule has 0 nitrogen and oxygen atoms in total. The third kappa shape index (κ3) is 10.4. The summed E-state index contributed by atoms with van der Waals surface area (Å²) in [7, 11) is 0. The molecule has 0 N–H and O–H groups in total. The van der Waals surface area contributed by atoms with Crippen LogP contribution < -0.4 is 0 Å². The van der Waals surface area contributed by atoms with Crippen molar-refractivity contribution in [3.63, 3.8) is 0 Å². The van der Waals surface area contributed by atoms with E-state index in [1.165, 1.54) is 12.1 Å². The molecule has 0 atom stereocenters. The number of benzene rings is 2. The minimum atomic E-state index is -1.74. The second-order valence-corrected chi connectivity index (χ2v) is 6.90. The van der Waals surface area contributed by atoms with Gasteiger partial charge in [0.2, 0.25) is 0 Å². The Kier molecular flexibility index (Phi) is 15.1. The van der Waals surface area contributed by atoms with E-state index in [0.717, 1.165) is 0 Å². The van der Waals surface area contributed by atoms with Gasteiger partial charge in [0, 0.05) is 11.6 Å². The smallest absolute Gasteiger partial charge is 0.278 e. The second-order valence-electron chi connectivity index (χ2n) is 5.31. The summed E-state index contributed by atoms with van der Waals surface area (Å²) in [4.78, 5) is 0. The fourth-order valence-corrected chi connectivity index (χ4v) is 2.18. The molecular weight excluding hydrogens is 624 g/mol. The zero-order chi connectivity index (χ0) is 24.3. The second kappa shape index (κ2) is 16.0. The first-order valence-corrected chi connectivity index (χ1v) is 9.81. The van der Waals surface area contributed by atoms with E-state index in [4.69, 9.17) is 0 Å². The molecule has 0 radical (unpaired) electrons. The Bertz CT molecular complexity index is 910. The van der Waals surface area contributed by atoms with Crippen molar-refractivity contribution in [3.05, 3.63) is 128 Å². The van der Waals surface area contributed by atoms with Crippen molar-refractivity contribution < 1.29 is 56.8 Å². The molecule has 0 saturated heterocycles. The first-order valence-electron chi connectivity index (χ1n) is 8.22. The summed E-state index contributed by atoms with van der Waals surface area (Å²) in [6.07, 6.45) is 0. The molecule has 0 aliphatic rings. The summed E-state index contributed by atoms with van der Waals surface area (Å²) in [6, 6.07) is 22.7. The molecule has 0 amide bonds. The summed E-state index contributed by atoms with van der Waals surface area (Å²) in [6.45, 7) is 0. The van der Waals surface area contributed by atoms with E-state index in [9.17, 15) is 35.1 Å². The standard InChI is InChI=1S/2C6BrF4.2C5H5.Ti/c2*7-4-2(8)1-3(9)5(10)6(4)11;2*1-2-4-5-3-1;/h;;2*1-5H;/q4*-1;+4. The quantitative estimate of drug-likeness (QED) is 0.0600. The molecule has 4 rings (SSSR count). The Morgan fingerprint density at radius 1 is 0.485 bits per heavy atom. The van der Waals surface area contributed by atoms with Crippen molar-refractivity contribution in [2.24, 2.45) is 0 Å². The molecule has 11 heteroatoms. The minimum Gasteiger partial charge on any atom is -0.278 e. The first-order chi connectivity index (χ1) is 15.1. The van der Waals surface area contributed by atoms with E-state index in [2.05, 4.69) is 31.9 Å². The fourth-order valence-electron chi connectivity index (χ4n) is 1.63. The molecule has 0 heterocycles. The predicted octanol–water partition coefficient (Wildman–Crippen LogP) is 8.42. The van der Waals surface area contributed by atoms with Crippen LogP contribution in [0.2, 0.25) is 0 Å². The average molecular weight is 634 g/mol. The van der Waals surface area contributed by atoms with E-state index >= 15 is 0 Å².